The van der Waals surface area contributed by atoms with Crippen molar-refractivity contribution in [3.63, 3.8) is 0 Å². The van der Waals surface area contributed by atoms with Crippen LogP contribution in [0, 0.1) is 5.82 Å². The third-order valence-electron chi connectivity index (χ3n) is 4.12. The summed E-state index contributed by atoms with van der Waals surface area (Å²) in [5.41, 5.74) is 1.49. The Hall–Kier alpha value is -1.44. The number of halogens is 1. The van der Waals surface area contributed by atoms with Crippen LogP contribution in [0.25, 0.3) is 10.9 Å². The second kappa shape index (κ2) is 8.29. The molecule has 2 aromatic rings. The molecule has 0 N–H and O–H groups in total. The number of ether oxygens (including phenoxy) is 2. The van der Waals surface area contributed by atoms with E-state index in [2.05, 4.69) is 29.6 Å². The van der Waals surface area contributed by atoms with Crippen LogP contribution in [0.5, 0.6) is 5.75 Å². The molecule has 0 aliphatic heterocycles. The SMILES string of the molecule is COc1ccc2c(c(CCN(C)C)nn2COCC[Si](C)(C)C)c1F. The van der Waals surface area contributed by atoms with Crippen LogP contribution in [0.15, 0.2) is 12.1 Å². The van der Waals surface area contributed by atoms with E-state index in [1.165, 1.54) is 7.11 Å². The van der Waals surface area contributed by atoms with E-state index in [1.54, 1.807) is 10.7 Å². The Labute approximate surface area is 150 Å². The monoisotopic (exact) mass is 367 g/mol. The van der Waals surface area contributed by atoms with Gasteiger partial charge in [-0.25, -0.2) is 9.07 Å². The Morgan fingerprint density at radius 3 is 2.56 bits per heavy atom. The van der Waals surface area contributed by atoms with E-state index < -0.39 is 8.07 Å². The first-order chi connectivity index (χ1) is 11.7. The van der Waals surface area contributed by atoms with Crippen molar-refractivity contribution in [3.05, 3.63) is 23.6 Å². The van der Waals surface area contributed by atoms with Crippen molar-refractivity contribution in [2.45, 2.75) is 38.8 Å². The van der Waals surface area contributed by atoms with E-state index in [0.717, 1.165) is 23.8 Å². The van der Waals surface area contributed by atoms with Crippen LogP contribution in [-0.2, 0) is 17.9 Å². The minimum absolute atomic E-state index is 0.248. The number of hydrogen-bond acceptors (Lipinski definition) is 4. The van der Waals surface area contributed by atoms with Gasteiger partial charge in [-0.15, -0.1) is 0 Å². The molecule has 0 bridgehead atoms. The van der Waals surface area contributed by atoms with Crippen molar-refractivity contribution in [1.29, 1.82) is 0 Å². The summed E-state index contributed by atoms with van der Waals surface area (Å²) in [5, 5.41) is 5.15. The highest BCUT2D eigenvalue weighted by Crippen LogP contribution is 2.29. The van der Waals surface area contributed by atoms with Crippen molar-refractivity contribution >= 4 is 19.0 Å². The molecular formula is C18H30FN3O2Si. The fourth-order valence-corrected chi connectivity index (χ4v) is 3.33. The molecule has 1 aromatic heterocycles. The number of methoxy groups -OCH3 is 1. The fraction of sp³-hybridized carbons (Fsp3) is 0.611. The molecule has 25 heavy (non-hydrogen) atoms. The number of rotatable bonds is 9. The van der Waals surface area contributed by atoms with Gasteiger partial charge in [0.15, 0.2) is 11.6 Å². The summed E-state index contributed by atoms with van der Waals surface area (Å²) in [6, 6.07) is 4.60. The predicted octanol–water partition coefficient (Wildman–Crippen LogP) is 3.60. The van der Waals surface area contributed by atoms with Crippen molar-refractivity contribution in [1.82, 2.24) is 14.7 Å². The number of fused-ring (bicyclic) bond motifs is 1. The lowest BCUT2D eigenvalue weighted by Gasteiger charge is -2.15. The lowest BCUT2D eigenvalue weighted by atomic mass is 10.1. The first-order valence-electron chi connectivity index (χ1n) is 8.67. The molecule has 0 spiro atoms. The molecule has 0 fully saturated rings. The number of aromatic nitrogens is 2. The molecule has 140 valence electrons. The molecule has 5 nitrogen and oxygen atoms in total. The zero-order valence-electron chi connectivity index (χ0n) is 16.2. The first-order valence-corrected chi connectivity index (χ1v) is 12.4. The summed E-state index contributed by atoms with van der Waals surface area (Å²) < 4.78 is 27.5. The molecule has 0 saturated carbocycles. The molecule has 0 aliphatic carbocycles. The molecular weight excluding hydrogens is 337 g/mol. The van der Waals surface area contributed by atoms with E-state index >= 15 is 0 Å². The topological polar surface area (TPSA) is 39.5 Å². The van der Waals surface area contributed by atoms with Crippen LogP contribution in [-0.4, -0.2) is 57.1 Å². The number of hydrogen-bond donors (Lipinski definition) is 0. The summed E-state index contributed by atoms with van der Waals surface area (Å²) in [6.45, 7) is 8.82. The minimum atomic E-state index is -1.13. The lowest BCUT2D eigenvalue weighted by Crippen LogP contribution is -2.22. The van der Waals surface area contributed by atoms with Gasteiger partial charge in [-0.1, -0.05) is 19.6 Å². The number of likely N-dealkylation sites (N-methyl/N-ethyl adjacent to an activating group) is 1. The summed E-state index contributed by atoms with van der Waals surface area (Å²) in [4.78, 5) is 2.06. The molecule has 1 aromatic carbocycles. The zero-order valence-corrected chi connectivity index (χ0v) is 17.2. The van der Waals surface area contributed by atoms with Gasteiger partial charge in [-0.2, -0.15) is 5.10 Å². The van der Waals surface area contributed by atoms with Crippen molar-refractivity contribution in [2.75, 3.05) is 34.4 Å². The molecule has 0 unspecified atom stereocenters. The van der Waals surface area contributed by atoms with Crippen LogP contribution < -0.4 is 4.74 Å². The largest absolute Gasteiger partial charge is 0.494 e. The molecule has 1 heterocycles. The summed E-state index contributed by atoms with van der Waals surface area (Å²) >= 11 is 0. The Morgan fingerprint density at radius 1 is 1.24 bits per heavy atom. The van der Waals surface area contributed by atoms with E-state index in [1.807, 2.05) is 20.2 Å². The van der Waals surface area contributed by atoms with E-state index in [4.69, 9.17) is 9.47 Å². The standard InChI is InChI=1S/C18H30FN3O2Si/c1-21(2)10-9-14-17-15(7-8-16(23-3)18(17)19)22(20-14)13-24-11-12-25(4,5)6/h7-8H,9-13H2,1-6H3. The zero-order chi connectivity index (χ0) is 18.6. The Bertz CT molecular complexity index is 710. The van der Waals surface area contributed by atoms with Gasteiger partial charge in [0.2, 0.25) is 0 Å². The molecule has 0 radical (unpaired) electrons. The average molecular weight is 368 g/mol. The smallest absolute Gasteiger partial charge is 0.176 e. The summed E-state index contributed by atoms with van der Waals surface area (Å²) in [6.07, 6.45) is 0.676. The van der Waals surface area contributed by atoms with Crippen LogP contribution in [0.3, 0.4) is 0 Å². The van der Waals surface area contributed by atoms with Crippen LogP contribution in [0.4, 0.5) is 4.39 Å². The van der Waals surface area contributed by atoms with Crippen molar-refractivity contribution < 1.29 is 13.9 Å². The third kappa shape index (κ3) is 5.26. The molecule has 7 heteroatoms. The van der Waals surface area contributed by atoms with E-state index in [0.29, 0.717) is 25.1 Å². The van der Waals surface area contributed by atoms with E-state index in [9.17, 15) is 4.39 Å². The van der Waals surface area contributed by atoms with Crippen LogP contribution in [0.1, 0.15) is 5.69 Å². The first kappa shape index (κ1) is 19.9. The quantitative estimate of drug-likeness (QED) is 0.501. The highest BCUT2D eigenvalue weighted by atomic mass is 28.3. The summed E-state index contributed by atoms with van der Waals surface area (Å²) in [5.74, 6) is -0.0973. The number of benzene rings is 1. The van der Waals surface area contributed by atoms with Crippen LogP contribution in [0.2, 0.25) is 25.7 Å². The molecule has 2 rings (SSSR count). The highest BCUT2D eigenvalue weighted by Gasteiger charge is 2.18. The average Bonchev–Trinajstić information content (AvgIpc) is 2.88. The molecule has 0 atom stereocenters. The van der Waals surface area contributed by atoms with Crippen molar-refractivity contribution in [2.24, 2.45) is 0 Å². The summed E-state index contributed by atoms with van der Waals surface area (Å²) in [7, 11) is 4.34. The minimum Gasteiger partial charge on any atom is -0.494 e. The number of nitrogens with zero attached hydrogens (tertiary/aromatic N) is 3. The second-order valence-corrected chi connectivity index (χ2v) is 13.4. The second-order valence-electron chi connectivity index (χ2n) is 7.82. The van der Waals surface area contributed by atoms with Gasteiger partial charge in [0.05, 0.1) is 23.7 Å². The molecule has 0 aliphatic rings. The van der Waals surface area contributed by atoms with Gasteiger partial charge in [0, 0.05) is 27.6 Å². The molecule has 0 saturated heterocycles. The van der Waals surface area contributed by atoms with Crippen LogP contribution >= 0.6 is 0 Å². The Kier molecular flexibility index (Phi) is 6.59. The van der Waals surface area contributed by atoms with Gasteiger partial charge < -0.3 is 14.4 Å². The van der Waals surface area contributed by atoms with Crippen molar-refractivity contribution in [3.8, 4) is 5.75 Å². The van der Waals surface area contributed by atoms with Gasteiger partial charge in [0.1, 0.15) is 6.73 Å². The van der Waals surface area contributed by atoms with E-state index in [-0.39, 0.29) is 11.6 Å². The Morgan fingerprint density at radius 2 is 1.96 bits per heavy atom. The van der Waals surface area contributed by atoms with Gasteiger partial charge in [-0.05, 0) is 32.3 Å². The maximum absolute atomic E-state index is 14.8. The maximum atomic E-state index is 14.8. The fourth-order valence-electron chi connectivity index (χ4n) is 2.58. The van der Waals surface area contributed by atoms with Gasteiger partial charge in [0.25, 0.3) is 0 Å². The maximum Gasteiger partial charge on any atom is 0.176 e. The van der Waals surface area contributed by atoms with Gasteiger partial charge >= 0.3 is 0 Å². The predicted molar refractivity (Wildman–Crippen MR) is 103 cm³/mol. The normalized spacial score (nSPS) is 12.3. The Balaban J connectivity index is 2.26. The molecule has 0 amide bonds. The van der Waals surface area contributed by atoms with Gasteiger partial charge in [-0.3, -0.25) is 0 Å². The lowest BCUT2D eigenvalue weighted by molar-refractivity contribution is 0.0813. The third-order valence-corrected chi connectivity index (χ3v) is 5.82. The highest BCUT2D eigenvalue weighted by molar-refractivity contribution is 6.76.